The van der Waals surface area contributed by atoms with Gasteiger partial charge in [0.1, 0.15) is 5.75 Å². The quantitative estimate of drug-likeness (QED) is 0.0900. The number of rotatable bonds is 16. The molecule has 5 fully saturated rings. The Labute approximate surface area is 616 Å². The molecule has 0 N–H and O–H groups in total. The lowest BCUT2D eigenvalue weighted by Gasteiger charge is -2.35. The Morgan fingerprint density at radius 2 is 0.680 bits per heavy atom. The van der Waals surface area contributed by atoms with E-state index < -0.39 is 0 Å². The van der Waals surface area contributed by atoms with Crippen LogP contribution >= 0.6 is 0 Å². The molecule has 5 aliphatic rings. The van der Waals surface area contributed by atoms with Crippen LogP contribution in [0.4, 0.5) is 0 Å². The highest BCUT2D eigenvalue weighted by atomic mass is 16.5. The molecular formula is C87H126N10O6. The Morgan fingerprint density at radius 1 is 0.359 bits per heavy atom. The van der Waals surface area contributed by atoms with Gasteiger partial charge in [0.05, 0.1) is 35.6 Å². The molecule has 5 aromatic heterocycles. The molecule has 0 unspecified atom stereocenters. The number of hydrogen-bond acceptors (Lipinski definition) is 16. The number of para-hydroxylation sites is 1. The SMILES string of the molecule is C.CCCCN1CCC(c2noc3ccc(C)cc23)CC1.CCCCN1CCC(c2noc3ccccc23)CC1.CCCN1CCC(c2noc3ccc(C)cc23)CC1.COc1ccc2onc(C3CCN(CC(C)(C)C)CC3)c2c1.Cc1cc2onc(C3CCN(CC(C)(C)C)CC3)c2cc1C. The number of likely N-dealkylation sites (tertiary alicyclic amines) is 5. The topological polar surface area (TPSA) is 156 Å². The van der Waals surface area contributed by atoms with Crippen LogP contribution in [0.3, 0.4) is 0 Å². The van der Waals surface area contributed by atoms with E-state index in [1.165, 1.54) is 229 Å². The van der Waals surface area contributed by atoms with E-state index >= 15 is 0 Å². The van der Waals surface area contributed by atoms with Gasteiger partial charge in [-0.25, -0.2) is 0 Å². The first-order valence-corrected chi connectivity index (χ1v) is 39.2. The summed E-state index contributed by atoms with van der Waals surface area (Å²) in [5.41, 5.74) is 16.3. The fourth-order valence-electron chi connectivity index (χ4n) is 16.2. The average Bonchev–Trinajstić information content (AvgIpc) is 1.70. The zero-order chi connectivity index (χ0) is 71.9. The molecule has 0 aliphatic carbocycles. The smallest absolute Gasteiger partial charge is 0.167 e. The predicted octanol–water partition coefficient (Wildman–Crippen LogP) is 21.0. The standard InChI is InChI=1S/C19H28N2O.C18H26N2O2.C17H24N2O.2C16H22N2O.CH4/c1-13-10-16-17(11-14(13)2)22-20-18(16)15-6-8-21(9-7-15)12-19(3,4)5;1-18(2,3)12-20-9-7-13(8-10-20)17-15-11-14(21-4)5-6-16(15)22-19-17;1-3-4-9-19-10-7-14(8-11-19)17-15-12-13(2)5-6-16(15)20-18-17;1-3-8-18-9-6-13(7-10-18)16-14-11-12(2)4-5-15(14)19-17-16;1-2-3-10-18-11-8-13(9-12-18)16-14-6-4-5-7-15(14)19-17-16;/h10-11,15H,6-9,12H2,1-5H3;5-6,11,13H,7-10,12H2,1-4H3;5-6,12,14H,3-4,7-11H2,1-2H3;4-5,11,13H,3,6-10H2,1-2H3;4-7,13H,2-3,8-12H2,1H3;1H4. The lowest BCUT2D eigenvalue weighted by atomic mass is 9.89. The van der Waals surface area contributed by atoms with E-state index in [1.807, 2.05) is 42.5 Å². The van der Waals surface area contributed by atoms with Gasteiger partial charge in [0.2, 0.25) is 0 Å². The van der Waals surface area contributed by atoms with Crippen molar-refractivity contribution in [1.29, 1.82) is 0 Å². The molecule has 0 amide bonds. The Balaban J connectivity index is 0.000000138. The zero-order valence-electron chi connectivity index (χ0n) is 64.7. The average molecular weight is 1410 g/mol. The van der Waals surface area contributed by atoms with Crippen molar-refractivity contribution in [3.05, 3.63) is 142 Å². The van der Waals surface area contributed by atoms with Crippen LogP contribution in [-0.4, -0.2) is 156 Å². The molecule has 10 aromatic rings. The summed E-state index contributed by atoms with van der Waals surface area (Å²) in [6, 6.07) is 31.1. The number of unbranched alkanes of at least 4 members (excludes halogenated alkanes) is 2. The first-order chi connectivity index (χ1) is 49.2. The summed E-state index contributed by atoms with van der Waals surface area (Å²) in [4.78, 5) is 12.9. The van der Waals surface area contributed by atoms with E-state index in [1.54, 1.807) is 7.11 Å². The van der Waals surface area contributed by atoms with Gasteiger partial charge in [-0.15, -0.1) is 0 Å². The number of fused-ring (bicyclic) bond motifs is 5. The van der Waals surface area contributed by atoms with Crippen LogP contribution in [-0.2, 0) is 0 Å². The summed E-state index contributed by atoms with van der Waals surface area (Å²) in [5, 5.41) is 27.7. The van der Waals surface area contributed by atoms with E-state index in [0.717, 1.165) is 77.2 Å². The van der Waals surface area contributed by atoms with Crippen molar-refractivity contribution in [2.75, 3.05) is 105 Å². The second-order valence-corrected chi connectivity index (χ2v) is 32.9. The van der Waals surface area contributed by atoms with Gasteiger partial charge in [0.15, 0.2) is 27.9 Å². The third-order valence-electron chi connectivity index (χ3n) is 22.0. The molecule has 10 heterocycles. The highest BCUT2D eigenvalue weighted by molar-refractivity contribution is 5.84. The first-order valence-electron chi connectivity index (χ1n) is 39.2. The molecule has 16 heteroatoms. The highest BCUT2D eigenvalue weighted by Gasteiger charge is 2.32. The molecule has 15 rings (SSSR count). The van der Waals surface area contributed by atoms with Gasteiger partial charge in [-0.3, -0.25) is 0 Å². The summed E-state index contributed by atoms with van der Waals surface area (Å²) < 4.78 is 32.8. The van der Waals surface area contributed by atoms with E-state index in [-0.39, 0.29) is 7.43 Å². The van der Waals surface area contributed by atoms with Crippen LogP contribution in [0.2, 0.25) is 0 Å². The van der Waals surface area contributed by atoms with E-state index in [0.29, 0.717) is 40.4 Å². The van der Waals surface area contributed by atoms with Crippen molar-refractivity contribution in [1.82, 2.24) is 50.3 Å². The van der Waals surface area contributed by atoms with Crippen LogP contribution in [0.1, 0.15) is 246 Å². The fourth-order valence-corrected chi connectivity index (χ4v) is 16.2. The lowest BCUT2D eigenvalue weighted by molar-refractivity contribution is 0.152. The molecule has 16 nitrogen and oxygen atoms in total. The predicted molar refractivity (Wildman–Crippen MR) is 423 cm³/mol. The monoisotopic (exact) mass is 1410 g/mol. The van der Waals surface area contributed by atoms with Crippen LogP contribution in [0.25, 0.3) is 54.8 Å². The Kier molecular flexibility index (Phi) is 28.1. The molecular weight excluding hydrogens is 1280 g/mol. The van der Waals surface area contributed by atoms with E-state index in [4.69, 9.17) is 27.4 Å². The molecule has 0 bridgehead atoms. The number of ether oxygens (including phenoxy) is 1. The van der Waals surface area contributed by atoms with Crippen LogP contribution < -0.4 is 4.74 Å². The Bertz CT molecular complexity index is 4180. The van der Waals surface area contributed by atoms with Gasteiger partial charge in [-0.2, -0.15) is 0 Å². The third kappa shape index (κ3) is 21.2. The van der Waals surface area contributed by atoms with Gasteiger partial charge in [0.25, 0.3) is 0 Å². The minimum absolute atomic E-state index is 0. The molecule has 5 aromatic carbocycles. The normalized spacial score (nSPS) is 17.9. The molecule has 0 atom stereocenters. The maximum absolute atomic E-state index is 5.58. The summed E-state index contributed by atoms with van der Waals surface area (Å²) >= 11 is 0. The van der Waals surface area contributed by atoms with Crippen molar-refractivity contribution >= 4 is 54.8 Å². The maximum atomic E-state index is 5.58. The van der Waals surface area contributed by atoms with Crippen LogP contribution in [0, 0.1) is 38.5 Å². The van der Waals surface area contributed by atoms with Crippen molar-refractivity contribution in [2.24, 2.45) is 10.8 Å². The van der Waals surface area contributed by atoms with Crippen LogP contribution in [0.15, 0.2) is 114 Å². The molecule has 0 spiro atoms. The Morgan fingerprint density at radius 3 is 1.06 bits per heavy atom. The number of piperidine rings is 5. The zero-order valence-corrected chi connectivity index (χ0v) is 64.7. The molecule has 5 saturated heterocycles. The Hall–Kier alpha value is -6.95. The molecule has 560 valence electrons. The number of nitrogens with zero attached hydrogens (tertiary/aromatic N) is 10. The molecule has 103 heavy (non-hydrogen) atoms. The van der Waals surface area contributed by atoms with Gasteiger partial charge in [-0.1, -0.05) is 144 Å². The number of methoxy groups -OCH3 is 1. The van der Waals surface area contributed by atoms with Crippen molar-refractivity contribution in [3.8, 4) is 5.75 Å². The number of aromatic nitrogens is 5. The molecule has 0 radical (unpaired) electrons. The van der Waals surface area contributed by atoms with Crippen LogP contribution in [0.5, 0.6) is 5.75 Å². The summed E-state index contributed by atoms with van der Waals surface area (Å²) in [6.07, 6.45) is 18.4. The fraction of sp³-hybridized carbons (Fsp3) is 0.598. The molecule has 0 saturated carbocycles. The van der Waals surface area contributed by atoms with Gasteiger partial charge in [-0.05, 0) is 285 Å². The van der Waals surface area contributed by atoms with Crippen molar-refractivity contribution in [3.63, 3.8) is 0 Å². The lowest BCUT2D eigenvalue weighted by Crippen LogP contribution is -2.38. The third-order valence-corrected chi connectivity index (χ3v) is 22.0. The maximum Gasteiger partial charge on any atom is 0.167 e. The largest absolute Gasteiger partial charge is 0.497 e. The highest BCUT2D eigenvalue weighted by Crippen LogP contribution is 2.39. The molecule has 5 aliphatic heterocycles. The van der Waals surface area contributed by atoms with Gasteiger partial charge < -0.3 is 51.9 Å². The number of benzene rings is 5. The van der Waals surface area contributed by atoms with Crippen molar-refractivity contribution < 1.29 is 27.4 Å². The second-order valence-electron chi connectivity index (χ2n) is 32.9. The summed E-state index contributed by atoms with van der Waals surface area (Å²) in [5.74, 6) is 3.60. The van der Waals surface area contributed by atoms with Gasteiger partial charge >= 0.3 is 0 Å². The minimum atomic E-state index is 0. The van der Waals surface area contributed by atoms with E-state index in [9.17, 15) is 0 Å². The van der Waals surface area contributed by atoms with Gasteiger partial charge in [0, 0.05) is 69.6 Å². The number of hydrogen-bond donors (Lipinski definition) is 0. The van der Waals surface area contributed by atoms with E-state index in [2.05, 4.69) is 189 Å². The second kappa shape index (κ2) is 36.8. The van der Waals surface area contributed by atoms with Crippen molar-refractivity contribution in [2.45, 2.75) is 223 Å². The number of aryl methyl sites for hydroxylation is 4. The summed E-state index contributed by atoms with van der Waals surface area (Å²) in [7, 11) is 1.69. The minimum Gasteiger partial charge on any atom is -0.497 e. The first kappa shape index (κ1) is 78.6. The summed E-state index contributed by atoms with van der Waals surface area (Å²) in [6.45, 7) is 47.0.